The van der Waals surface area contributed by atoms with Crippen molar-refractivity contribution in [3.05, 3.63) is 106 Å². The third-order valence-electron chi connectivity index (χ3n) is 4.85. The summed E-state index contributed by atoms with van der Waals surface area (Å²) in [6.45, 7) is 0. The van der Waals surface area contributed by atoms with Gasteiger partial charge in [0.25, 0.3) is 5.91 Å². The highest BCUT2D eigenvalue weighted by Crippen LogP contribution is 2.24. The lowest BCUT2D eigenvalue weighted by atomic mass is 10.1. The fourth-order valence-electron chi connectivity index (χ4n) is 3.20. The number of anilines is 1. The van der Waals surface area contributed by atoms with Crippen LogP contribution in [0.4, 0.5) is 5.69 Å². The van der Waals surface area contributed by atoms with Crippen molar-refractivity contribution in [3.63, 3.8) is 0 Å². The van der Waals surface area contributed by atoms with Gasteiger partial charge in [-0.2, -0.15) is 13.7 Å². The molecular formula is C26H17IN2O4S. The Morgan fingerprint density at radius 1 is 0.912 bits per heavy atom. The number of nitriles is 1. The highest BCUT2D eigenvalue weighted by molar-refractivity contribution is 14.1. The van der Waals surface area contributed by atoms with Crippen molar-refractivity contribution < 1.29 is 17.4 Å². The van der Waals surface area contributed by atoms with Gasteiger partial charge in [0.15, 0.2) is 0 Å². The van der Waals surface area contributed by atoms with Crippen molar-refractivity contribution in [3.8, 4) is 11.8 Å². The summed E-state index contributed by atoms with van der Waals surface area (Å²) in [6.07, 6.45) is 1.37. The molecule has 0 saturated heterocycles. The molecule has 4 aromatic rings. The first-order valence-corrected chi connectivity index (χ1v) is 12.5. The number of carbonyl (C=O) groups excluding carboxylic acids is 1. The summed E-state index contributed by atoms with van der Waals surface area (Å²) in [4.78, 5) is 12.5. The molecule has 8 heteroatoms. The number of nitrogens with zero attached hydrogens (tertiary/aromatic N) is 1. The molecule has 0 spiro atoms. The standard InChI is InChI=1S/C26H17IN2O4S/c27-22-9-11-23(12-10-22)29-26(30)21(17-28)14-18-4-3-7-24(15-18)33-34(31,32)25-13-8-19-5-1-2-6-20(19)16-25/h1-16H,(H,29,30). The number of fused-ring (bicyclic) bond motifs is 1. The molecule has 0 aliphatic rings. The van der Waals surface area contributed by atoms with Gasteiger partial charge in [0.1, 0.15) is 22.3 Å². The van der Waals surface area contributed by atoms with Crippen molar-refractivity contribution in [1.29, 1.82) is 5.26 Å². The molecule has 0 radical (unpaired) electrons. The Labute approximate surface area is 210 Å². The van der Waals surface area contributed by atoms with E-state index < -0.39 is 16.0 Å². The van der Waals surface area contributed by atoms with Crippen LogP contribution in [-0.2, 0) is 14.9 Å². The second-order valence-corrected chi connectivity index (χ2v) is 10.0. The molecule has 34 heavy (non-hydrogen) atoms. The summed E-state index contributed by atoms with van der Waals surface area (Å²) in [6, 6.07) is 27.4. The van der Waals surface area contributed by atoms with Gasteiger partial charge in [0, 0.05) is 9.26 Å². The average molecular weight is 580 g/mol. The maximum atomic E-state index is 12.8. The number of nitrogens with one attached hydrogen (secondary N) is 1. The first kappa shape index (κ1) is 23.5. The lowest BCUT2D eigenvalue weighted by Crippen LogP contribution is -2.13. The average Bonchev–Trinajstić information content (AvgIpc) is 2.83. The van der Waals surface area contributed by atoms with Crippen molar-refractivity contribution in [2.45, 2.75) is 4.90 Å². The smallest absolute Gasteiger partial charge is 0.339 e. The van der Waals surface area contributed by atoms with Gasteiger partial charge in [0.2, 0.25) is 0 Å². The van der Waals surface area contributed by atoms with E-state index in [0.717, 1.165) is 14.3 Å². The molecule has 1 N–H and O–H groups in total. The maximum absolute atomic E-state index is 12.8. The number of benzene rings is 4. The minimum Gasteiger partial charge on any atom is -0.379 e. The van der Waals surface area contributed by atoms with Crippen LogP contribution in [0.15, 0.2) is 101 Å². The van der Waals surface area contributed by atoms with Crippen molar-refractivity contribution in [2.24, 2.45) is 0 Å². The number of halogens is 1. The van der Waals surface area contributed by atoms with Crippen molar-refractivity contribution in [1.82, 2.24) is 0 Å². The monoisotopic (exact) mass is 580 g/mol. The normalized spacial score (nSPS) is 11.6. The predicted molar refractivity (Wildman–Crippen MR) is 140 cm³/mol. The first-order valence-electron chi connectivity index (χ1n) is 10.1. The summed E-state index contributed by atoms with van der Waals surface area (Å²) >= 11 is 2.15. The Morgan fingerprint density at radius 3 is 2.38 bits per heavy atom. The molecule has 0 saturated carbocycles. The van der Waals surface area contributed by atoms with Crippen molar-refractivity contribution >= 4 is 61.2 Å². The molecule has 6 nitrogen and oxygen atoms in total. The van der Waals surface area contributed by atoms with E-state index in [0.29, 0.717) is 11.3 Å². The van der Waals surface area contributed by atoms with E-state index >= 15 is 0 Å². The van der Waals surface area contributed by atoms with Gasteiger partial charge in [-0.3, -0.25) is 4.79 Å². The SMILES string of the molecule is N#CC(=Cc1cccc(OS(=O)(=O)c2ccc3ccccc3c2)c1)C(=O)Nc1ccc(I)cc1. The van der Waals surface area contributed by atoms with Gasteiger partial charge in [-0.1, -0.05) is 42.5 Å². The van der Waals surface area contributed by atoms with E-state index in [4.69, 9.17) is 4.18 Å². The Balaban J connectivity index is 1.55. The third-order valence-corrected chi connectivity index (χ3v) is 6.81. The number of amides is 1. The molecule has 0 aromatic heterocycles. The topological polar surface area (TPSA) is 96.3 Å². The Morgan fingerprint density at radius 2 is 1.65 bits per heavy atom. The number of rotatable bonds is 6. The molecule has 4 rings (SSSR count). The number of carbonyl (C=O) groups is 1. The van der Waals surface area contributed by atoms with Gasteiger partial charge in [-0.05, 0) is 93.5 Å². The van der Waals surface area contributed by atoms with Crippen LogP contribution in [0, 0.1) is 14.9 Å². The van der Waals surface area contributed by atoms with Crippen molar-refractivity contribution in [2.75, 3.05) is 5.32 Å². The Hall–Kier alpha value is -3.68. The van der Waals surface area contributed by atoms with Gasteiger partial charge in [-0.25, -0.2) is 0 Å². The fraction of sp³-hybridized carbons (Fsp3) is 0. The molecule has 0 aliphatic heterocycles. The summed E-state index contributed by atoms with van der Waals surface area (Å²) in [5.41, 5.74) is 0.874. The van der Waals surface area contributed by atoms with E-state index in [1.54, 1.807) is 36.4 Å². The summed E-state index contributed by atoms with van der Waals surface area (Å²) < 4.78 is 32.0. The van der Waals surface area contributed by atoms with Crippen LogP contribution < -0.4 is 9.50 Å². The number of hydrogen-bond donors (Lipinski definition) is 1. The Bertz CT molecular complexity index is 1560. The zero-order valence-corrected chi connectivity index (χ0v) is 20.6. The molecule has 0 unspecified atom stereocenters. The Kier molecular flexibility index (Phi) is 6.95. The predicted octanol–water partition coefficient (Wildman–Crippen LogP) is 5.76. The highest BCUT2D eigenvalue weighted by atomic mass is 127. The van der Waals surface area contributed by atoms with Gasteiger partial charge in [0.05, 0.1) is 0 Å². The molecule has 4 aromatic carbocycles. The second kappa shape index (κ2) is 10.1. The van der Waals surface area contributed by atoms with Gasteiger partial charge in [-0.15, -0.1) is 0 Å². The lowest BCUT2D eigenvalue weighted by Gasteiger charge is -2.09. The van der Waals surface area contributed by atoms with Crippen LogP contribution >= 0.6 is 22.6 Å². The van der Waals surface area contributed by atoms with E-state index in [1.807, 2.05) is 42.5 Å². The zero-order valence-electron chi connectivity index (χ0n) is 17.6. The van der Waals surface area contributed by atoms with Crippen LogP contribution in [0.1, 0.15) is 5.56 Å². The zero-order chi connectivity index (χ0) is 24.1. The van der Waals surface area contributed by atoms with Crippen LogP contribution in [0.2, 0.25) is 0 Å². The summed E-state index contributed by atoms with van der Waals surface area (Å²) in [5.74, 6) is -0.504. The molecule has 0 aliphatic carbocycles. The minimum atomic E-state index is -4.08. The van der Waals surface area contributed by atoms with E-state index in [1.165, 1.54) is 24.3 Å². The van der Waals surface area contributed by atoms with Crippen LogP contribution in [0.25, 0.3) is 16.8 Å². The largest absolute Gasteiger partial charge is 0.379 e. The molecule has 0 fully saturated rings. The molecule has 0 heterocycles. The van der Waals surface area contributed by atoms with Gasteiger partial charge >= 0.3 is 10.1 Å². The molecule has 1 amide bonds. The van der Waals surface area contributed by atoms with Crippen LogP contribution in [0.3, 0.4) is 0 Å². The van der Waals surface area contributed by atoms with E-state index in [2.05, 4.69) is 27.9 Å². The third kappa shape index (κ3) is 5.62. The summed E-state index contributed by atoms with van der Waals surface area (Å²) in [7, 11) is -4.08. The molecule has 0 bridgehead atoms. The highest BCUT2D eigenvalue weighted by Gasteiger charge is 2.17. The number of hydrogen-bond acceptors (Lipinski definition) is 5. The van der Waals surface area contributed by atoms with E-state index in [-0.39, 0.29) is 16.2 Å². The molecular weight excluding hydrogens is 563 g/mol. The maximum Gasteiger partial charge on any atom is 0.339 e. The minimum absolute atomic E-state index is 0.0294. The summed E-state index contributed by atoms with van der Waals surface area (Å²) in [5, 5.41) is 13.8. The first-order chi connectivity index (χ1) is 16.3. The molecule has 168 valence electrons. The van der Waals surface area contributed by atoms with E-state index in [9.17, 15) is 18.5 Å². The fourth-order valence-corrected chi connectivity index (χ4v) is 4.52. The second-order valence-electron chi connectivity index (χ2n) is 7.25. The lowest BCUT2D eigenvalue weighted by molar-refractivity contribution is -0.112. The van der Waals surface area contributed by atoms with Crippen LogP contribution in [0.5, 0.6) is 5.75 Å². The quantitative estimate of drug-likeness (QED) is 0.136. The molecule has 0 atom stereocenters. The van der Waals surface area contributed by atoms with Crippen LogP contribution in [-0.4, -0.2) is 14.3 Å². The van der Waals surface area contributed by atoms with Gasteiger partial charge < -0.3 is 9.50 Å².